The molecule has 2 aromatic heterocycles. The summed E-state index contributed by atoms with van der Waals surface area (Å²) in [5.74, 6) is -1.25. The third-order valence-corrected chi connectivity index (χ3v) is 11.4. The molecule has 0 spiro atoms. The first-order valence-corrected chi connectivity index (χ1v) is 20.9. The van der Waals surface area contributed by atoms with E-state index in [1.54, 1.807) is 18.2 Å². The van der Waals surface area contributed by atoms with Crippen molar-refractivity contribution in [3.8, 4) is 23.0 Å². The molecule has 2 heterocycles. The summed E-state index contributed by atoms with van der Waals surface area (Å²) in [5.41, 5.74) is 1.98. The molecule has 1 fully saturated rings. The summed E-state index contributed by atoms with van der Waals surface area (Å²) in [4.78, 5) is 55.3. The second-order valence-corrected chi connectivity index (χ2v) is 15.8. The van der Waals surface area contributed by atoms with Crippen LogP contribution in [0.4, 0.5) is 20.2 Å². The Bertz CT molecular complexity index is 2580. The number of ether oxygens (including phenoxy) is 3. The smallest absolute Gasteiger partial charge is 0.240 e. The molecule has 0 atom stereocenters. The molecule has 12 nitrogen and oxygen atoms in total. The van der Waals surface area contributed by atoms with Gasteiger partial charge in [0.05, 0.1) is 25.0 Å². The molecule has 15 heteroatoms. The lowest BCUT2D eigenvalue weighted by Gasteiger charge is -2.16. The number of carbonyl (C=O) groups excluding carboxylic acids is 4. The Balaban J connectivity index is 0.839. The number of unbranched alkanes of at least 4 members (excludes halogenated alkanes) is 2. The van der Waals surface area contributed by atoms with Crippen molar-refractivity contribution in [3.05, 3.63) is 115 Å². The number of carbonyl (C=O) groups is 4. The van der Waals surface area contributed by atoms with Crippen molar-refractivity contribution in [3.63, 3.8) is 0 Å². The number of halogens is 2. The Morgan fingerprint density at radius 1 is 0.820 bits per heavy atom. The molecule has 1 aliphatic rings. The van der Waals surface area contributed by atoms with Gasteiger partial charge in [0, 0.05) is 72.2 Å². The number of para-hydroxylation sites is 1. The molecule has 7 rings (SSSR count). The number of hydrogen-bond acceptors (Lipinski definition) is 9. The fourth-order valence-corrected chi connectivity index (χ4v) is 7.57. The highest BCUT2D eigenvalue weighted by Crippen LogP contribution is 2.48. The largest absolute Gasteiger partial charge is 0.493 e. The molecule has 0 saturated heterocycles. The number of thioether (sulfide) groups is 1. The predicted octanol–water partition coefficient (Wildman–Crippen LogP) is 8.72. The monoisotopic (exact) mass is 849 g/mol. The van der Waals surface area contributed by atoms with Crippen molar-refractivity contribution in [2.75, 3.05) is 36.6 Å². The van der Waals surface area contributed by atoms with Gasteiger partial charge in [-0.1, -0.05) is 30.0 Å². The van der Waals surface area contributed by atoms with Crippen molar-refractivity contribution >= 4 is 67.8 Å². The van der Waals surface area contributed by atoms with E-state index in [1.165, 1.54) is 49.7 Å². The van der Waals surface area contributed by atoms with E-state index in [9.17, 15) is 23.6 Å². The number of benzene rings is 4. The molecule has 3 N–H and O–H groups in total. The van der Waals surface area contributed by atoms with Gasteiger partial charge in [-0.2, -0.15) is 0 Å². The lowest BCUT2D eigenvalue weighted by molar-refractivity contribution is -0.131. The van der Waals surface area contributed by atoms with E-state index < -0.39 is 28.9 Å². The highest BCUT2D eigenvalue weighted by Gasteiger charge is 2.56. The van der Waals surface area contributed by atoms with Crippen molar-refractivity contribution < 1.29 is 42.2 Å². The SMILES string of the molecule is COc1cc2c(Oc3ccc(NC(=O)C4(C(=O)Nc5ccc(F)cc5)CC4)cc3F)ccnc2cc1OCCCCCNC(=O)CSC(=O)CCc1cn(C)c2ccccc12. The first-order chi connectivity index (χ1) is 29.5. The summed E-state index contributed by atoms with van der Waals surface area (Å²) in [6.45, 7) is 0.883. The van der Waals surface area contributed by atoms with Crippen molar-refractivity contribution in [2.45, 2.75) is 44.9 Å². The van der Waals surface area contributed by atoms with Crippen molar-refractivity contribution in [1.29, 1.82) is 0 Å². The first-order valence-electron chi connectivity index (χ1n) is 19.9. The summed E-state index contributed by atoms with van der Waals surface area (Å²) in [7, 11) is 3.50. The average molecular weight is 850 g/mol. The van der Waals surface area contributed by atoms with Crippen LogP contribution >= 0.6 is 11.8 Å². The van der Waals surface area contributed by atoms with E-state index in [0.717, 1.165) is 53.6 Å². The van der Waals surface area contributed by atoms with Gasteiger partial charge in [-0.25, -0.2) is 8.78 Å². The number of hydrogen-bond donors (Lipinski definition) is 3. The quantitative estimate of drug-likeness (QED) is 0.0537. The number of anilines is 2. The van der Waals surface area contributed by atoms with Gasteiger partial charge in [0.25, 0.3) is 0 Å². The molecular weight excluding hydrogens is 805 g/mol. The second kappa shape index (κ2) is 19.3. The number of nitrogens with one attached hydrogen (secondary N) is 3. The molecule has 4 aromatic carbocycles. The van der Waals surface area contributed by atoms with Crippen molar-refractivity contribution in [2.24, 2.45) is 12.5 Å². The molecule has 1 saturated carbocycles. The standard InChI is InChI=1S/C46H45F2N5O7S/c1-53-27-29(33-8-4-5-9-37(33)53)10-17-43(55)61-28-42(54)50-21-6-3-7-23-59-41-26-36-34(25-40(41)58-2)38(18-22-49-36)60-39-16-15-32(24-35(39)48)52-45(57)46(19-20-46)44(56)51-31-13-11-30(47)12-14-31/h4-5,8-9,11-16,18,22,24-27H,3,6-7,10,17,19-21,23,28H2,1-2H3,(H,50,54)(H,51,56)(H,52,57). The summed E-state index contributed by atoms with van der Waals surface area (Å²) < 4.78 is 48.3. The van der Waals surface area contributed by atoms with Gasteiger partial charge >= 0.3 is 0 Å². The molecule has 0 unspecified atom stereocenters. The zero-order valence-electron chi connectivity index (χ0n) is 33.7. The van der Waals surface area contributed by atoms with Crippen LogP contribution in [0.5, 0.6) is 23.0 Å². The molecule has 1 aliphatic carbocycles. The Morgan fingerprint density at radius 2 is 1.57 bits per heavy atom. The van der Waals surface area contributed by atoms with Gasteiger partial charge in [0.2, 0.25) is 17.7 Å². The van der Waals surface area contributed by atoms with Gasteiger partial charge < -0.3 is 34.7 Å². The normalized spacial score (nSPS) is 12.8. The first kappa shape index (κ1) is 42.6. The molecule has 61 heavy (non-hydrogen) atoms. The van der Waals surface area contributed by atoms with Crippen LogP contribution in [0.2, 0.25) is 0 Å². The van der Waals surface area contributed by atoms with Crippen molar-refractivity contribution in [1.82, 2.24) is 14.9 Å². The number of amides is 3. The Kier molecular flexibility index (Phi) is 13.5. The maximum atomic E-state index is 15.4. The third kappa shape index (κ3) is 10.5. The highest BCUT2D eigenvalue weighted by atomic mass is 32.2. The van der Waals surface area contributed by atoms with Crippen LogP contribution in [0.25, 0.3) is 21.8 Å². The third-order valence-electron chi connectivity index (χ3n) is 10.5. The molecule has 6 aromatic rings. The van der Waals surface area contributed by atoms with Crippen LogP contribution in [0.1, 0.15) is 44.1 Å². The van der Waals surface area contributed by atoms with E-state index >= 15 is 4.39 Å². The van der Waals surface area contributed by atoms with Gasteiger partial charge in [-0.05, 0) is 98.7 Å². The van der Waals surface area contributed by atoms with Crippen LogP contribution in [0.15, 0.2) is 97.3 Å². The molecule has 3 amide bonds. The van der Waals surface area contributed by atoms with E-state index in [0.29, 0.717) is 72.7 Å². The predicted molar refractivity (Wildman–Crippen MR) is 231 cm³/mol. The van der Waals surface area contributed by atoms with E-state index in [-0.39, 0.29) is 28.2 Å². The van der Waals surface area contributed by atoms with Crippen LogP contribution in [0.3, 0.4) is 0 Å². The maximum Gasteiger partial charge on any atom is 0.240 e. The second-order valence-electron chi connectivity index (χ2n) is 14.8. The number of pyridine rings is 1. The zero-order valence-corrected chi connectivity index (χ0v) is 34.5. The summed E-state index contributed by atoms with van der Waals surface area (Å²) >= 11 is 1.05. The highest BCUT2D eigenvalue weighted by molar-refractivity contribution is 8.14. The molecular formula is C46H45F2N5O7S. The Labute approximate surface area is 355 Å². The average Bonchev–Trinajstić information content (AvgIpc) is 4.02. The molecule has 316 valence electrons. The number of methoxy groups -OCH3 is 1. The number of aromatic nitrogens is 2. The fourth-order valence-electron chi connectivity index (χ4n) is 6.93. The van der Waals surface area contributed by atoms with Gasteiger partial charge in [0.15, 0.2) is 28.2 Å². The number of fused-ring (bicyclic) bond motifs is 2. The Morgan fingerprint density at radius 3 is 2.33 bits per heavy atom. The number of aryl methyl sites for hydroxylation is 2. The lowest BCUT2D eigenvalue weighted by Crippen LogP contribution is -2.35. The van der Waals surface area contributed by atoms with Crippen LogP contribution in [-0.4, -0.2) is 58.4 Å². The molecule has 0 aliphatic heterocycles. The minimum atomic E-state index is -1.30. The van der Waals surface area contributed by atoms with Crippen LogP contribution in [0, 0.1) is 17.0 Å². The van der Waals surface area contributed by atoms with E-state index in [4.69, 9.17) is 14.2 Å². The molecule has 0 bridgehead atoms. The summed E-state index contributed by atoms with van der Waals surface area (Å²) in [6, 6.07) is 22.3. The van der Waals surface area contributed by atoms with Gasteiger partial charge in [-0.15, -0.1) is 0 Å². The number of nitrogens with zero attached hydrogens (tertiary/aromatic N) is 2. The Hall–Kier alpha value is -6.48. The van der Waals surface area contributed by atoms with Crippen LogP contribution < -0.4 is 30.2 Å². The van der Waals surface area contributed by atoms with Gasteiger partial charge in [0.1, 0.15) is 17.0 Å². The fraction of sp³-hybridized carbons (Fsp3) is 0.283. The minimum absolute atomic E-state index is 0.00929. The zero-order chi connectivity index (χ0) is 42.9. The molecule has 0 radical (unpaired) electrons. The van der Waals surface area contributed by atoms with E-state index in [2.05, 4.69) is 43.8 Å². The van der Waals surface area contributed by atoms with E-state index in [1.807, 2.05) is 19.2 Å². The maximum absolute atomic E-state index is 15.4. The van der Waals surface area contributed by atoms with Gasteiger partial charge in [-0.3, -0.25) is 24.2 Å². The van der Waals surface area contributed by atoms with Crippen LogP contribution in [-0.2, 0) is 32.6 Å². The lowest BCUT2D eigenvalue weighted by atomic mass is 10.0. The summed E-state index contributed by atoms with van der Waals surface area (Å²) in [6.07, 6.45) is 7.48. The minimum Gasteiger partial charge on any atom is -0.493 e. The topological polar surface area (TPSA) is 150 Å². The number of rotatable bonds is 19. The summed E-state index contributed by atoms with van der Waals surface area (Å²) in [5, 5.41) is 9.85.